The van der Waals surface area contributed by atoms with Crippen molar-refractivity contribution in [3.8, 4) is 0 Å². The second kappa shape index (κ2) is 3.51. The van der Waals surface area contributed by atoms with Crippen LogP contribution in [0.3, 0.4) is 0 Å². The van der Waals surface area contributed by atoms with Crippen molar-refractivity contribution in [2.24, 2.45) is 0 Å². The lowest BCUT2D eigenvalue weighted by Crippen LogP contribution is -2.52. The molecule has 2 heterocycles. The van der Waals surface area contributed by atoms with Gasteiger partial charge in [-0.3, -0.25) is 0 Å². The van der Waals surface area contributed by atoms with Crippen molar-refractivity contribution in [1.82, 2.24) is 4.90 Å². The number of methoxy groups -OCH3 is 1. The second-order valence-corrected chi connectivity index (χ2v) is 4.31. The van der Waals surface area contributed by atoms with Gasteiger partial charge in [-0.25, -0.2) is 4.79 Å². The molecule has 2 aliphatic heterocycles. The maximum absolute atomic E-state index is 11.4. The van der Waals surface area contributed by atoms with Crippen LogP contribution in [0.2, 0.25) is 0 Å². The Morgan fingerprint density at radius 3 is 3.07 bits per heavy atom. The van der Waals surface area contributed by atoms with Gasteiger partial charge in [0, 0.05) is 19.0 Å². The van der Waals surface area contributed by atoms with Crippen LogP contribution in [0.4, 0.5) is 0 Å². The summed E-state index contributed by atoms with van der Waals surface area (Å²) < 4.78 is 4.63. The van der Waals surface area contributed by atoms with Crippen molar-refractivity contribution in [2.75, 3.05) is 20.2 Å². The van der Waals surface area contributed by atoms with E-state index < -0.39 is 11.6 Å². The average molecular weight is 199 g/mol. The van der Waals surface area contributed by atoms with Crippen molar-refractivity contribution >= 4 is 5.97 Å². The maximum Gasteiger partial charge on any atom is 0.337 e. The van der Waals surface area contributed by atoms with Gasteiger partial charge in [-0.15, -0.1) is 0 Å². The lowest BCUT2D eigenvalue weighted by molar-refractivity contribution is -0.168. The van der Waals surface area contributed by atoms with Crippen LogP contribution in [0.1, 0.15) is 25.7 Å². The Balaban J connectivity index is 2.06. The van der Waals surface area contributed by atoms with Crippen LogP contribution >= 0.6 is 0 Å². The number of ether oxygens (including phenoxy) is 1. The predicted octanol–water partition coefficient (Wildman–Crippen LogP) is 0.149. The lowest BCUT2D eigenvalue weighted by atomic mass is 9.87. The largest absolute Gasteiger partial charge is 0.467 e. The molecule has 0 radical (unpaired) electrons. The van der Waals surface area contributed by atoms with Gasteiger partial charge in [0.1, 0.15) is 0 Å². The minimum atomic E-state index is -1.22. The summed E-state index contributed by atoms with van der Waals surface area (Å²) in [6.45, 7) is 1.93. The number of esters is 1. The smallest absolute Gasteiger partial charge is 0.337 e. The van der Waals surface area contributed by atoms with Gasteiger partial charge in [-0.05, 0) is 25.8 Å². The number of nitrogens with zero attached hydrogens (tertiary/aromatic N) is 1. The number of piperidine rings is 1. The predicted molar refractivity (Wildman–Crippen MR) is 50.8 cm³/mol. The number of fused-ring (bicyclic) bond motifs is 1. The van der Waals surface area contributed by atoms with E-state index >= 15 is 0 Å². The van der Waals surface area contributed by atoms with Crippen LogP contribution in [-0.4, -0.2) is 47.8 Å². The van der Waals surface area contributed by atoms with Crippen LogP contribution in [0.5, 0.6) is 0 Å². The van der Waals surface area contributed by atoms with Gasteiger partial charge in [-0.2, -0.15) is 0 Å². The zero-order chi connectivity index (χ0) is 10.2. The average Bonchev–Trinajstić information content (AvgIpc) is 2.63. The molecule has 0 aromatic heterocycles. The number of rotatable bonds is 1. The van der Waals surface area contributed by atoms with Gasteiger partial charge in [0.25, 0.3) is 0 Å². The Morgan fingerprint density at radius 1 is 1.57 bits per heavy atom. The Labute approximate surface area is 83.8 Å². The van der Waals surface area contributed by atoms with E-state index in [-0.39, 0.29) is 0 Å². The zero-order valence-electron chi connectivity index (χ0n) is 8.53. The number of carbonyl (C=O) groups is 1. The number of carbonyl (C=O) groups excluding carboxylic acids is 1. The second-order valence-electron chi connectivity index (χ2n) is 4.31. The maximum atomic E-state index is 11.4. The third kappa shape index (κ3) is 1.53. The van der Waals surface area contributed by atoms with Crippen LogP contribution in [0.15, 0.2) is 0 Å². The van der Waals surface area contributed by atoms with Crippen LogP contribution in [0.25, 0.3) is 0 Å². The monoisotopic (exact) mass is 199 g/mol. The Hall–Kier alpha value is -0.610. The molecule has 0 aromatic carbocycles. The number of aliphatic hydroxyl groups is 1. The molecule has 0 spiro atoms. The molecule has 4 heteroatoms. The van der Waals surface area contributed by atoms with E-state index in [4.69, 9.17) is 0 Å². The summed E-state index contributed by atoms with van der Waals surface area (Å²) in [6.07, 6.45) is 3.33. The first kappa shape index (κ1) is 9.93. The van der Waals surface area contributed by atoms with Gasteiger partial charge in [0.05, 0.1) is 7.11 Å². The topological polar surface area (TPSA) is 49.8 Å². The van der Waals surface area contributed by atoms with Gasteiger partial charge in [-0.1, -0.05) is 0 Å². The van der Waals surface area contributed by atoms with Gasteiger partial charge < -0.3 is 14.7 Å². The molecular formula is C10H17NO3. The Morgan fingerprint density at radius 2 is 2.36 bits per heavy atom. The zero-order valence-corrected chi connectivity index (χ0v) is 8.53. The summed E-state index contributed by atoms with van der Waals surface area (Å²) in [4.78, 5) is 13.7. The molecule has 2 saturated heterocycles. The highest BCUT2D eigenvalue weighted by Crippen LogP contribution is 2.33. The Bertz CT molecular complexity index is 244. The molecule has 2 rings (SSSR count). The van der Waals surface area contributed by atoms with E-state index in [1.807, 2.05) is 0 Å². The molecule has 0 saturated carbocycles. The molecule has 2 fully saturated rings. The van der Waals surface area contributed by atoms with E-state index in [0.29, 0.717) is 18.9 Å². The fourth-order valence-corrected chi connectivity index (χ4v) is 2.62. The molecule has 80 valence electrons. The number of hydrogen-bond donors (Lipinski definition) is 1. The van der Waals surface area contributed by atoms with Gasteiger partial charge in [0.2, 0.25) is 0 Å². The molecule has 0 aliphatic carbocycles. The summed E-state index contributed by atoms with van der Waals surface area (Å²) >= 11 is 0. The Kier molecular flexibility index (Phi) is 2.49. The molecule has 2 unspecified atom stereocenters. The van der Waals surface area contributed by atoms with Gasteiger partial charge in [0.15, 0.2) is 5.60 Å². The normalized spacial score (nSPS) is 38.0. The quantitative estimate of drug-likeness (QED) is 0.611. The summed E-state index contributed by atoms with van der Waals surface area (Å²) in [5, 5.41) is 10.1. The molecule has 4 nitrogen and oxygen atoms in total. The van der Waals surface area contributed by atoms with Crippen molar-refractivity contribution in [2.45, 2.75) is 37.3 Å². The summed E-state index contributed by atoms with van der Waals surface area (Å²) in [6, 6.07) is 0.382. The van der Waals surface area contributed by atoms with Crippen LogP contribution < -0.4 is 0 Å². The van der Waals surface area contributed by atoms with E-state index in [9.17, 15) is 9.90 Å². The standard InChI is InChI=1S/C10H17NO3/c1-14-9(12)10(13)4-6-11-5-2-3-8(11)7-10/h8,13H,2-7H2,1H3. The lowest BCUT2D eigenvalue weighted by Gasteiger charge is -2.38. The molecule has 1 N–H and O–H groups in total. The van der Waals surface area contributed by atoms with E-state index in [0.717, 1.165) is 19.5 Å². The van der Waals surface area contributed by atoms with Crippen LogP contribution in [-0.2, 0) is 9.53 Å². The summed E-state index contributed by atoms with van der Waals surface area (Å²) in [5.74, 6) is -0.468. The fraction of sp³-hybridized carbons (Fsp3) is 0.900. The third-order valence-corrected chi connectivity index (χ3v) is 3.45. The number of hydrogen-bond acceptors (Lipinski definition) is 4. The molecule has 0 amide bonds. The minimum absolute atomic E-state index is 0.382. The van der Waals surface area contributed by atoms with Gasteiger partial charge >= 0.3 is 5.97 Å². The molecule has 0 bridgehead atoms. The van der Waals surface area contributed by atoms with E-state index in [1.54, 1.807) is 0 Å². The van der Waals surface area contributed by atoms with E-state index in [1.165, 1.54) is 13.5 Å². The third-order valence-electron chi connectivity index (χ3n) is 3.45. The molecular weight excluding hydrogens is 182 g/mol. The molecule has 14 heavy (non-hydrogen) atoms. The van der Waals surface area contributed by atoms with Crippen molar-refractivity contribution in [1.29, 1.82) is 0 Å². The first-order valence-corrected chi connectivity index (χ1v) is 5.20. The van der Waals surface area contributed by atoms with Crippen molar-refractivity contribution in [3.63, 3.8) is 0 Å². The van der Waals surface area contributed by atoms with E-state index in [2.05, 4.69) is 9.64 Å². The van der Waals surface area contributed by atoms with Crippen molar-refractivity contribution in [3.05, 3.63) is 0 Å². The highest BCUT2D eigenvalue weighted by Gasteiger charge is 2.45. The molecule has 2 atom stereocenters. The highest BCUT2D eigenvalue weighted by molar-refractivity contribution is 5.79. The summed E-state index contributed by atoms with van der Waals surface area (Å²) in [5.41, 5.74) is -1.22. The first-order chi connectivity index (χ1) is 6.65. The minimum Gasteiger partial charge on any atom is -0.467 e. The first-order valence-electron chi connectivity index (χ1n) is 5.20. The fourth-order valence-electron chi connectivity index (χ4n) is 2.62. The SMILES string of the molecule is COC(=O)C1(O)CCN2CCCC2C1. The molecule has 2 aliphatic rings. The molecule has 0 aromatic rings. The van der Waals surface area contributed by atoms with Crippen molar-refractivity contribution < 1.29 is 14.6 Å². The highest BCUT2D eigenvalue weighted by atomic mass is 16.5. The van der Waals surface area contributed by atoms with Crippen LogP contribution in [0, 0.1) is 0 Å². The summed E-state index contributed by atoms with van der Waals surface area (Å²) in [7, 11) is 1.33.